The van der Waals surface area contributed by atoms with Gasteiger partial charge in [-0.25, -0.2) is 0 Å². The van der Waals surface area contributed by atoms with Gasteiger partial charge in [0.2, 0.25) is 0 Å². The van der Waals surface area contributed by atoms with Crippen LogP contribution in [0.4, 0.5) is 0 Å². The minimum absolute atomic E-state index is 0.400. The van der Waals surface area contributed by atoms with Gasteiger partial charge in [-0.15, -0.1) is 0 Å². The molecule has 1 saturated heterocycles. The number of rotatable bonds is 0. The van der Waals surface area contributed by atoms with E-state index in [0.717, 1.165) is 6.04 Å². The van der Waals surface area contributed by atoms with Crippen LogP contribution in [0.15, 0.2) is 0 Å². The summed E-state index contributed by atoms with van der Waals surface area (Å²) in [5.41, 5.74) is 0.400. The predicted molar refractivity (Wildman–Crippen MR) is 40.5 cm³/mol. The maximum atomic E-state index is 3.56. The van der Waals surface area contributed by atoms with E-state index in [1.54, 1.807) is 0 Å². The van der Waals surface area contributed by atoms with Crippen LogP contribution in [-0.2, 0) is 0 Å². The van der Waals surface area contributed by atoms with Gasteiger partial charge in [0.25, 0.3) is 0 Å². The van der Waals surface area contributed by atoms with E-state index in [1.807, 2.05) is 0 Å². The smallest absolute Gasteiger partial charge is 0.0127 e. The van der Waals surface area contributed by atoms with Gasteiger partial charge in [0.1, 0.15) is 0 Å². The third-order valence-corrected chi connectivity index (χ3v) is 2.08. The standard InChI is InChI=1S/C8H17N/c1-7-5-4-6-8(2,3)9-7/h7,9H,4-6H2,1-3H3. The third-order valence-electron chi connectivity index (χ3n) is 2.08. The van der Waals surface area contributed by atoms with Crippen molar-refractivity contribution in [1.29, 1.82) is 0 Å². The summed E-state index contributed by atoms with van der Waals surface area (Å²) in [6.45, 7) is 6.83. The lowest BCUT2D eigenvalue weighted by Gasteiger charge is -2.35. The lowest BCUT2D eigenvalue weighted by molar-refractivity contribution is 0.254. The SMILES string of the molecule is CC1CCCC(C)(C)N1. The van der Waals surface area contributed by atoms with Gasteiger partial charge >= 0.3 is 0 Å². The van der Waals surface area contributed by atoms with Crippen molar-refractivity contribution in [3.63, 3.8) is 0 Å². The summed E-state index contributed by atoms with van der Waals surface area (Å²) in [6, 6.07) is 0.730. The van der Waals surface area contributed by atoms with E-state index in [2.05, 4.69) is 26.1 Å². The van der Waals surface area contributed by atoms with Crippen LogP contribution in [0.1, 0.15) is 40.0 Å². The van der Waals surface area contributed by atoms with Gasteiger partial charge in [0, 0.05) is 11.6 Å². The van der Waals surface area contributed by atoms with Crippen LogP contribution in [-0.4, -0.2) is 11.6 Å². The average Bonchev–Trinajstić information content (AvgIpc) is 1.60. The Balaban J connectivity index is 2.41. The molecule has 1 atom stereocenters. The summed E-state index contributed by atoms with van der Waals surface area (Å²) < 4.78 is 0. The van der Waals surface area contributed by atoms with E-state index in [-0.39, 0.29) is 0 Å². The highest BCUT2D eigenvalue weighted by molar-refractivity contribution is 4.85. The molecule has 1 fully saturated rings. The number of hydrogen-bond donors (Lipinski definition) is 1. The van der Waals surface area contributed by atoms with Crippen LogP contribution >= 0.6 is 0 Å². The van der Waals surface area contributed by atoms with Crippen molar-refractivity contribution in [2.24, 2.45) is 0 Å². The van der Waals surface area contributed by atoms with E-state index in [1.165, 1.54) is 19.3 Å². The fourth-order valence-corrected chi connectivity index (χ4v) is 1.66. The second-order valence-electron chi connectivity index (χ2n) is 3.82. The first-order valence-electron chi connectivity index (χ1n) is 3.88. The van der Waals surface area contributed by atoms with Crippen molar-refractivity contribution < 1.29 is 0 Å². The molecular weight excluding hydrogens is 110 g/mol. The monoisotopic (exact) mass is 127 g/mol. The van der Waals surface area contributed by atoms with Crippen molar-refractivity contribution >= 4 is 0 Å². The maximum Gasteiger partial charge on any atom is 0.0127 e. The number of piperidine rings is 1. The lowest BCUT2D eigenvalue weighted by atomic mass is 9.90. The Hall–Kier alpha value is -0.0400. The van der Waals surface area contributed by atoms with Gasteiger partial charge in [-0.1, -0.05) is 6.42 Å². The van der Waals surface area contributed by atoms with Crippen molar-refractivity contribution in [3.05, 3.63) is 0 Å². The summed E-state index contributed by atoms with van der Waals surface area (Å²) in [5, 5.41) is 3.56. The molecule has 1 aliphatic rings. The Labute approximate surface area is 57.8 Å². The molecule has 1 heterocycles. The van der Waals surface area contributed by atoms with Crippen LogP contribution in [0.2, 0.25) is 0 Å². The van der Waals surface area contributed by atoms with E-state index < -0.39 is 0 Å². The Morgan fingerprint density at radius 3 is 2.44 bits per heavy atom. The molecule has 1 rings (SSSR count). The van der Waals surface area contributed by atoms with Crippen LogP contribution in [0, 0.1) is 0 Å². The first-order valence-corrected chi connectivity index (χ1v) is 3.88. The minimum Gasteiger partial charge on any atom is -0.309 e. The molecule has 0 saturated carbocycles. The lowest BCUT2D eigenvalue weighted by Crippen LogP contribution is -2.47. The van der Waals surface area contributed by atoms with Crippen molar-refractivity contribution in [2.75, 3.05) is 0 Å². The molecule has 0 bridgehead atoms. The Bertz CT molecular complexity index is 96.7. The highest BCUT2D eigenvalue weighted by atomic mass is 15.0. The maximum absolute atomic E-state index is 3.56. The zero-order valence-corrected chi connectivity index (χ0v) is 6.70. The summed E-state index contributed by atoms with van der Waals surface area (Å²) in [7, 11) is 0. The van der Waals surface area contributed by atoms with Crippen LogP contribution in [0.25, 0.3) is 0 Å². The van der Waals surface area contributed by atoms with Gasteiger partial charge in [0.15, 0.2) is 0 Å². The minimum atomic E-state index is 0.400. The molecule has 1 aliphatic heterocycles. The summed E-state index contributed by atoms with van der Waals surface area (Å²) in [5.74, 6) is 0. The second-order valence-corrected chi connectivity index (χ2v) is 3.82. The molecule has 54 valence electrons. The molecule has 0 spiro atoms. The van der Waals surface area contributed by atoms with Crippen molar-refractivity contribution in [1.82, 2.24) is 5.32 Å². The topological polar surface area (TPSA) is 12.0 Å². The molecule has 1 nitrogen and oxygen atoms in total. The van der Waals surface area contributed by atoms with Gasteiger partial charge in [-0.05, 0) is 33.6 Å². The molecule has 0 aromatic rings. The molecule has 1 heteroatoms. The van der Waals surface area contributed by atoms with Crippen LogP contribution < -0.4 is 5.32 Å². The van der Waals surface area contributed by atoms with Crippen molar-refractivity contribution in [2.45, 2.75) is 51.6 Å². The first kappa shape index (κ1) is 7.07. The fraction of sp³-hybridized carbons (Fsp3) is 1.00. The Kier molecular flexibility index (Phi) is 1.80. The van der Waals surface area contributed by atoms with E-state index in [4.69, 9.17) is 0 Å². The molecule has 0 amide bonds. The van der Waals surface area contributed by atoms with E-state index in [0.29, 0.717) is 5.54 Å². The third kappa shape index (κ3) is 1.98. The molecule has 0 radical (unpaired) electrons. The van der Waals surface area contributed by atoms with Crippen LogP contribution in [0.5, 0.6) is 0 Å². The predicted octanol–water partition coefficient (Wildman–Crippen LogP) is 1.93. The summed E-state index contributed by atoms with van der Waals surface area (Å²) in [4.78, 5) is 0. The second kappa shape index (κ2) is 2.30. The molecule has 0 aromatic carbocycles. The highest BCUT2D eigenvalue weighted by Gasteiger charge is 2.23. The summed E-state index contributed by atoms with van der Waals surface area (Å²) in [6.07, 6.45) is 4.07. The molecule has 1 N–H and O–H groups in total. The highest BCUT2D eigenvalue weighted by Crippen LogP contribution is 2.20. The zero-order valence-electron chi connectivity index (χ0n) is 6.70. The average molecular weight is 127 g/mol. The number of nitrogens with one attached hydrogen (secondary N) is 1. The van der Waals surface area contributed by atoms with E-state index >= 15 is 0 Å². The van der Waals surface area contributed by atoms with E-state index in [9.17, 15) is 0 Å². The molecule has 0 aliphatic carbocycles. The van der Waals surface area contributed by atoms with Gasteiger partial charge in [-0.3, -0.25) is 0 Å². The normalized spacial score (nSPS) is 34.3. The Morgan fingerprint density at radius 2 is 2.11 bits per heavy atom. The largest absolute Gasteiger partial charge is 0.309 e. The van der Waals surface area contributed by atoms with Crippen LogP contribution in [0.3, 0.4) is 0 Å². The van der Waals surface area contributed by atoms with Crippen molar-refractivity contribution in [3.8, 4) is 0 Å². The molecule has 9 heavy (non-hydrogen) atoms. The zero-order chi connectivity index (χ0) is 6.91. The number of hydrogen-bond acceptors (Lipinski definition) is 1. The molecule has 1 unspecified atom stereocenters. The first-order chi connectivity index (χ1) is 4.10. The molecule has 0 aromatic heterocycles. The van der Waals surface area contributed by atoms with Gasteiger partial charge in [-0.2, -0.15) is 0 Å². The van der Waals surface area contributed by atoms with Gasteiger partial charge in [0.05, 0.1) is 0 Å². The van der Waals surface area contributed by atoms with Gasteiger partial charge < -0.3 is 5.32 Å². The Morgan fingerprint density at radius 1 is 1.44 bits per heavy atom. The quantitative estimate of drug-likeness (QED) is 0.524. The fourth-order valence-electron chi connectivity index (χ4n) is 1.66. The summed E-state index contributed by atoms with van der Waals surface area (Å²) >= 11 is 0. The molecular formula is C8H17N.